The fraction of sp³-hybridized carbons (Fsp3) is 0.719. The Bertz CT molecular complexity index is 1130. The van der Waals surface area contributed by atoms with E-state index in [0.717, 1.165) is 31.5 Å². The lowest BCUT2D eigenvalue weighted by Gasteiger charge is -2.49. The topological polar surface area (TPSA) is 118 Å². The summed E-state index contributed by atoms with van der Waals surface area (Å²) in [5.41, 5.74) is -0.441. The van der Waals surface area contributed by atoms with Crippen LogP contribution < -0.4 is 16.0 Å². The predicted molar refractivity (Wildman–Crippen MR) is 160 cm³/mol. The molecule has 0 radical (unpaired) electrons. The molecule has 0 aromatic heterocycles. The zero-order valence-corrected chi connectivity index (χ0v) is 26.5. The van der Waals surface area contributed by atoms with Crippen LogP contribution in [-0.2, 0) is 20.8 Å². The van der Waals surface area contributed by atoms with Gasteiger partial charge in [0, 0.05) is 32.1 Å². The lowest BCUT2D eigenvalue weighted by Crippen LogP contribution is -2.64. The normalized spacial score (nSPS) is 31.2. The first-order chi connectivity index (χ1) is 19.5. The molecule has 42 heavy (non-hydrogen) atoms. The number of likely N-dealkylation sites (tertiary alicyclic amines) is 1. The molecule has 2 saturated carbocycles. The van der Waals surface area contributed by atoms with Gasteiger partial charge in [-0.2, -0.15) is 0 Å². The molecule has 3 amide bonds. The summed E-state index contributed by atoms with van der Waals surface area (Å²) in [4.78, 5) is 38.1. The fourth-order valence-corrected chi connectivity index (χ4v) is 7.07. The SMILES string of the molecule is C[C@H]1C[C@]2(NC(=O)OC(C)(C)C)CN(C(=O)OCc3ccccc3)C[C@H]12.C[C@H]1C[C@]2(NC(=O)OC(C)(C)C)CNC[C@H]12. The van der Waals surface area contributed by atoms with E-state index in [2.05, 4.69) is 29.8 Å². The average molecular weight is 587 g/mol. The molecule has 0 spiro atoms. The Morgan fingerprint density at radius 3 is 1.98 bits per heavy atom. The zero-order chi connectivity index (χ0) is 30.9. The van der Waals surface area contributed by atoms with Crippen molar-refractivity contribution in [1.82, 2.24) is 20.9 Å². The van der Waals surface area contributed by atoms with Gasteiger partial charge in [-0.3, -0.25) is 0 Å². The Morgan fingerprint density at radius 1 is 0.881 bits per heavy atom. The minimum Gasteiger partial charge on any atom is -0.445 e. The number of rotatable bonds is 4. The molecule has 2 aliphatic carbocycles. The lowest BCUT2D eigenvalue weighted by molar-refractivity contribution is 0.0164. The second-order valence-electron chi connectivity index (χ2n) is 14.7. The highest BCUT2D eigenvalue weighted by molar-refractivity contribution is 5.72. The third kappa shape index (κ3) is 7.49. The lowest BCUT2D eigenvalue weighted by atomic mass is 9.61. The Balaban J connectivity index is 0.000000216. The molecule has 5 rings (SSSR count). The second-order valence-corrected chi connectivity index (χ2v) is 14.7. The number of hydrogen-bond acceptors (Lipinski definition) is 7. The summed E-state index contributed by atoms with van der Waals surface area (Å²) < 4.78 is 16.1. The number of fused-ring (bicyclic) bond motifs is 2. The van der Waals surface area contributed by atoms with Crippen LogP contribution >= 0.6 is 0 Å². The van der Waals surface area contributed by atoms with Crippen LogP contribution in [0.15, 0.2) is 30.3 Å². The van der Waals surface area contributed by atoms with E-state index in [0.29, 0.717) is 30.8 Å². The Hall–Kier alpha value is -3.01. The van der Waals surface area contributed by atoms with E-state index < -0.39 is 22.8 Å². The van der Waals surface area contributed by atoms with Crippen LogP contribution in [0, 0.1) is 23.7 Å². The third-order valence-corrected chi connectivity index (χ3v) is 8.82. The van der Waals surface area contributed by atoms with Gasteiger partial charge in [0.1, 0.15) is 17.8 Å². The number of nitrogens with one attached hydrogen (secondary N) is 3. The molecular formula is C32H50N4O6. The van der Waals surface area contributed by atoms with Crippen LogP contribution in [0.25, 0.3) is 0 Å². The van der Waals surface area contributed by atoms with Crippen molar-refractivity contribution >= 4 is 18.3 Å². The maximum absolute atomic E-state index is 12.5. The Kier molecular flexibility index (Phi) is 9.07. The Morgan fingerprint density at radius 2 is 1.43 bits per heavy atom. The molecule has 3 N–H and O–H groups in total. The molecular weight excluding hydrogens is 536 g/mol. The van der Waals surface area contributed by atoms with Crippen molar-refractivity contribution in [1.29, 1.82) is 0 Å². The van der Waals surface area contributed by atoms with Gasteiger partial charge in [-0.25, -0.2) is 14.4 Å². The smallest absolute Gasteiger partial charge is 0.410 e. The molecule has 2 aliphatic heterocycles. The molecule has 2 saturated heterocycles. The molecule has 6 atom stereocenters. The predicted octanol–water partition coefficient (Wildman–Crippen LogP) is 5.07. The summed E-state index contributed by atoms with van der Waals surface area (Å²) in [6.07, 6.45) is 0.867. The van der Waals surface area contributed by atoms with Crippen LogP contribution in [0.1, 0.15) is 73.8 Å². The molecule has 4 aliphatic rings. The van der Waals surface area contributed by atoms with Gasteiger partial charge in [-0.15, -0.1) is 0 Å². The first-order valence-electron chi connectivity index (χ1n) is 15.2. The number of benzene rings is 1. The number of amides is 3. The molecule has 4 fully saturated rings. The quantitative estimate of drug-likeness (QED) is 0.422. The summed E-state index contributed by atoms with van der Waals surface area (Å²) in [7, 11) is 0. The van der Waals surface area contributed by atoms with E-state index in [-0.39, 0.29) is 30.3 Å². The van der Waals surface area contributed by atoms with Crippen LogP contribution in [0.2, 0.25) is 0 Å². The van der Waals surface area contributed by atoms with Crippen molar-refractivity contribution < 1.29 is 28.6 Å². The van der Waals surface area contributed by atoms with Gasteiger partial charge >= 0.3 is 18.3 Å². The van der Waals surface area contributed by atoms with E-state index in [1.54, 1.807) is 4.90 Å². The van der Waals surface area contributed by atoms with Crippen molar-refractivity contribution in [3.63, 3.8) is 0 Å². The van der Waals surface area contributed by atoms with Crippen molar-refractivity contribution in [2.24, 2.45) is 23.7 Å². The Labute approximate surface area is 250 Å². The summed E-state index contributed by atoms with van der Waals surface area (Å²) in [6.45, 7) is 18.8. The standard InChI is InChI=1S/C20H28N2O4.C12H22N2O2/c1-14-10-20(21-17(23)26-19(2,3)4)13-22(11-16(14)20)18(24)25-12-15-8-6-5-7-9-15;1-8-5-12(7-13-6-9(8)12)14-10(15)16-11(2,3)4/h5-9,14,16H,10-13H2,1-4H3,(H,21,23);8-9,13H,5-7H2,1-4H3,(H,14,15)/t14-,16+,20-;8-,9+,12-/m00/s1. The fourth-order valence-electron chi connectivity index (χ4n) is 7.07. The highest BCUT2D eigenvalue weighted by Crippen LogP contribution is 2.49. The van der Waals surface area contributed by atoms with Crippen molar-refractivity contribution in [2.75, 3.05) is 26.2 Å². The third-order valence-electron chi connectivity index (χ3n) is 8.82. The van der Waals surface area contributed by atoms with Gasteiger partial charge in [0.15, 0.2) is 0 Å². The van der Waals surface area contributed by atoms with Gasteiger partial charge < -0.3 is 35.1 Å². The summed E-state index contributed by atoms with van der Waals surface area (Å²) in [6, 6.07) is 9.61. The zero-order valence-electron chi connectivity index (χ0n) is 26.5. The van der Waals surface area contributed by atoms with Crippen LogP contribution in [-0.4, -0.2) is 71.6 Å². The number of carbonyl (C=O) groups is 3. The van der Waals surface area contributed by atoms with E-state index >= 15 is 0 Å². The molecule has 1 aromatic carbocycles. The van der Waals surface area contributed by atoms with E-state index in [1.807, 2.05) is 71.9 Å². The molecule has 1 aromatic rings. The van der Waals surface area contributed by atoms with E-state index in [1.165, 1.54) is 0 Å². The molecule has 0 bridgehead atoms. The van der Waals surface area contributed by atoms with Gasteiger partial charge in [0.2, 0.25) is 0 Å². The minimum atomic E-state index is -0.543. The summed E-state index contributed by atoms with van der Waals surface area (Å²) in [5, 5.41) is 9.44. The van der Waals surface area contributed by atoms with Crippen molar-refractivity contribution in [3.8, 4) is 0 Å². The number of ether oxygens (including phenoxy) is 3. The number of nitrogens with zero attached hydrogens (tertiary/aromatic N) is 1. The van der Waals surface area contributed by atoms with E-state index in [9.17, 15) is 14.4 Å². The van der Waals surface area contributed by atoms with Gasteiger partial charge in [0.25, 0.3) is 0 Å². The molecule has 2 heterocycles. The molecule has 0 unspecified atom stereocenters. The summed E-state index contributed by atoms with van der Waals surface area (Å²) >= 11 is 0. The maximum atomic E-state index is 12.5. The van der Waals surface area contributed by atoms with E-state index in [4.69, 9.17) is 14.2 Å². The maximum Gasteiger partial charge on any atom is 0.410 e. The molecule has 10 heteroatoms. The number of carbonyl (C=O) groups excluding carboxylic acids is 3. The van der Waals surface area contributed by atoms with Gasteiger partial charge in [0.05, 0.1) is 11.1 Å². The molecule has 10 nitrogen and oxygen atoms in total. The molecule has 234 valence electrons. The first kappa shape index (κ1) is 31.9. The highest BCUT2D eigenvalue weighted by atomic mass is 16.6. The number of hydrogen-bond donors (Lipinski definition) is 3. The largest absolute Gasteiger partial charge is 0.445 e. The van der Waals surface area contributed by atoms with Crippen molar-refractivity contribution in [2.45, 2.75) is 97.1 Å². The number of alkyl carbamates (subject to hydrolysis) is 2. The van der Waals surface area contributed by atoms with Crippen LogP contribution in [0.5, 0.6) is 0 Å². The van der Waals surface area contributed by atoms with Crippen LogP contribution in [0.3, 0.4) is 0 Å². The van der Waals surface area contributed by atoms with Gasteiger partial charge in [-0.1, -0.05) is 44.2 Å². The average Bonchev–Trinajstić information content (AvgIpc) is 3.34. The minimum absolute atomic E-state index is 0.0399. The highest BCUT2D eigenvalue weighted by Gasteiger charge is 2.59. The summed E-state index contributed by atoms with van der Waals surface area (Å²) in [5.74, 6) is 1.96. The first-order valence-corrected chi connectivity index (χ1v) is 15.2. The van der Waals surface area contributed by atoms with Crippen molar-refractivity contribution in [3.05, 3.63) is 35.9 Å². The van der Waals surface area contributed by atoms with Crippen LogP contribution in [0.4, 0.5) is 14.4 Å². The second kappa shape index (κ2) is 11.9. The van der Waals surface area contributed by atoms with Gasteiger partial charge in [-0.05, 0) is 77.7 Å². The monoisotopic (exact) mass is 586 g/mol.